The summed E-state index contributed by atoms with van der Waals surface area (Å²) < 4.78 is 1.73. The molecule has 0 radical (unpaired) electrons. The summed E-state index contributed by atoms with van der Waals surface area (Å²) in [5, 5.41) is 17.4. The molecule has 0 aliphatic carbocycles. The van der Waals surface area contributed by atoms with Crippen LogP contribution in [0.2, 0.25) is 0 Å². The maximum absolute atomic E-state index is 10.9. The second kappa shape index (κ2) is 6.67. The fourth-order valence-electron chi connectivity index (χ4n) is 2.36. The van der Waals surface area contributed by atoms with Crippen molar-refractivity contribution in [2.75, 3.05) is 44.6 Å². The summed E-state index contributed by atoms with van der Waals surface area (Å²) in [5.41, 5.74) is 0. The van der Waals surface area contributed by atoms with Gasteiger partial charge in [-0.2, -0.15) is 0 Å². The van der Waals surface area contributed by atoms with Crippen LogP contribution in [0.25, 0.3) is 0 Å². The fraction of sp³-hybridized carbons (Fsp3) is 0.750. The van der Waals surface area contributed by atoms with Gasteiger partial charge in [0, 0.05) is 46.7 Å². The first-order valence-corrected chi connectivity index (χ1v) is 6.94. The number of nitro groups is 1. The molecule has 1 saturated heterocycles. The Bertz CT molecular complexity index is 467. The molecule has 20 heavy (non-hydrogen) atoms. The van der Waals surface area contributed by atoms with E-state index in [0.29, 0.717) is 18.2 Å². The van der Waals surface area contributed by atoms with Gasteiger partial charge < -0.3 is 25.6 Å². The van der Waals surface area contributed by atoms with E-state index in [2.05, 4.69) is 20.5 Å². The monoisotopic (exact) mass is 282 g/mol. The Morgan fingerprint density at radius 2 is 2.15 bits per heavy atom. The molecular weight excluding hydrogens is 260 g/mol. The van der Waals surface area contributed by atoms with Gasteiger partial charge in [-0.3, -0.25) is 4.57 Å². The Morgan fingerprint density at radius 3 is 2.80 bits per heavy atom. The summed E-state index contributed by atoms with van der Waals surface area (Å²) >= 11 is 0. The average molecular weight is 282 g/mol. The van der Waals surface area contributed by atoms with Crippen LogP contribution in [-0.4, -0.2) is 58.6 Å². The molecule has 8 heteroatoms. The van der Waals surface area contributed by atoms with Crippen LogP contribution in [0, 0.1) is 17.0 Å². The highest BCUT2D eigenvalue weighted by Gasteiger charge is 2.23. The lowest BCUT2D eigenvalue weighted by atomic mass is 10.3. The molecule has 1 aromatic heterocycles. The molecule has 1 fully saturated rings. The van der Waals surface area contributed by atoms with E-state index < -0.39 is 4.92 Å². The number of aryl methyl sites for hydroxylation is 1. The summed E-state index contributed by atoms with van der Waals surface area (Å²) in [5.74, 6) is 1.04. The molecule has 2 rings (SSSR count). The molecule has 0 unspecified atom stereocenters. The lowest BCUT2D eigenvalue weighted by molar-refractivity contribution is -0.388. The van der Waals surface area contributed by atoms with E-state index in [9.17, 15) is 10.1 Å². The average Bonchev–Trinajstić information content (AvgIpc) is 2.73. The maximum atomic E-state index is 10.9. The molecule has 0 spiro atoms. The van der Waals surface area contributed by atoms with Crippen molar-refractivity contribution in [1.29, 1.82) is 0 Å². The predicted molar refractivity (Wildman–Crippen MR) is 77.0 cm³/mol. The van der Waals surface area contributed by atoms with Crippen LogP contribution in [0.15, 0.2) is 0 Å². The molecular formula is C12H22N6O2. The van der Waals surface area contributed by atoms with Crippen molar-refractivity contribution in [3.05, 3.63) is 15.9 Å². The highest BCUT2D eigenvalue weighted by Crippen LogP contribution is 2.23. The number of hydrogen-bond acceptors (Lipinski definition) is 6. The van der Waals surface area contributed by atoms with E-state index in [1.165, 1.54) is 0 Å². The van der Waals surface area contributed by atoms with E-state index in [0.717, 1.165) is 39.1 Å². The van der Waals surface area contributed by atoms with E-state index in [-0.39, 0.29) is 5.82 Å². The number of aromatic nitrogens is 2. The van der Waals surface area contributed by atoms with E-state index in [1.54, 1.807) is 18.5 Å². The number of rotatable bonds is 6. The molecule has 0 amide bonds. The Balaban J connectivity index is 1.83. The lowest BCUT2D eigenvalue weighted by Crippen LogP contribution is -2.44. The van der Waals surface area contributed by atoms with Gasteiger partial charge in [0.05, 0.1) is 0 Å². The molecule has 112 valence electrons. The minimum Gasteiger partial charge on any atom is -0.364 e. The molecule has 2 N–H and O–H groups in total. The van der Waals surface area contributed by atoms with Crippen molar-refractivity contribution in [2.24, 2.45) is 7.05 Å². The van der Waals surface area contributed by atoms with Gasteiger partial charge in [0.15, 0.2) is 0 Å². The maximum Gasteiger partial charge on any atom is 0.406 e. The Labute approximate surface area is 118 Å². The highest BCUT2D eigenvalue weighted by molar-refractivity contribution is 5.53. The lowest BCUT2D eigenvalue weighted by Gasteiger charge is -2.27. The molecule has 1 aliphatic rings. The minimum atomic E-state index is -0.439. The number of nitrogens with zero attached hydrogens (tertiary/aromatic N) is 4. The topological polar surface area (TPSA) is 88.3 Å². The van der Waals surface area contributed by atoms with Gasteiger partial charge in [-0.05, 0) is 22.9 Å². The molecule has 8 nitrogen and oxygen atoms in total. The Kier molecular flexibility index (Phi) is 4.91. The summed E-state index contributed by atoms with van der Waals surface area (Å²) in [6.07, 6.45) is 0.960. The molecule has 0 saturated carbocycles. The third kappa shape index (κ3) is 3.45. The van der Waals surface area contributed by atoms with Gasteiger partial charge in [-0.25, -0.2) is 0 Å². The summed E-state index contributed by atoms with van der Waals surface area (Å²) in [7, 11) is 1.79. The van der Waals surface area contributed by atoms with Crippen LogP contribution in [-0.2, 0) is 7.05 Å². The van der Waals surface area contributed by atoms with Crippen LogP contribution < -0.4 is 10.6 Å². The SMILES string of the molecule is Cc1nc([N+](=O)[O-])c(NCCCN2CCNCC2)n1C. The highest BCUT2D eigenvalue weighted by atomic mass is 16.6. The van der Waals surface area contributed by atoms with Gasteiger partial charge in [0.25, 0.3) is 0 Å². The Hall–Kier alpha value is -1.67. The van der Waals surface area contributed by atoms with Crippen molar-refractivity contribution in [3.63, 3.8) is 0 Å². The zero-order valence-electron chi connectivity index (χ0n) is 12.1. The molecule has 2 heterocycles. The zero-order chi connectivity index (χ0) is 14.5. The van der Waals surface area contributed by atoms with Gasteiger partial charge >= 0.3 is 5.82 Å². The third-order valence-electron chi connectivity index (χ3n) is 3.63. The number of anilines is 1. The van der Waals surface area contributed by atoms with Gasteiger partial charge in [0.1, 0.15) is 0 Å². The number of hydrogen-bond donors (Lipinski definition) is 2. The first-order valence-electron chi connectivity index (χ1n) is 6.94. The fourth-order valence-corrected chi connectivity index (χ4v) is 2.36. The van der Waals surface area contributed by atoms with E-state index in [1.807, 2.05) is 0 Å². The first kappa shape index (κ1) is 14.7. The zero-order valence-corrected chi connectivity index (χ0v) is 12.1. The smallest absolute Gasteiger partial charge is 0.364 e. The standard InChI is InChI=1S/C12H22N6O2/c1-10-15-12(18(19)20)11(16(10)2)14-4-3-7-17-8-5-13-6-9-17/h13-14H,3-9H2,1-2H3. The van der Waals surface area contributed by atoms with Crippen molar-refractivity contribution in [3.8, 4) is 0 Å². The van der Waals surface area contributed by atoms with Crippen molar-refractivity contribution < 1.29 is 4.92 Å². The Morgan fingerprint density at radius 1 is 1.45 bits per heavy atom. The summed E-state index contributed by atoms with van der Waals surface area (Å²) in [6, 6.07) is 0. The van der Waals surface area contributed by atoms with Crippen LogP contribution in [0.1, 0.15) is 12.2 Å². The molecule has 0 aromatic carbocycles. The largest absolute Gasteiger partial charge is 0.406 e. The minimum absolute atomic E-state index is 0.0906. The summed E-state index contributed by atoms with van der Waals surface area (Å²) in [6.45, 7) is 7.72. The van der Waals surface area contributed by atoms with Crippen molar-refractivity contribution >= 4 is 11.6 Å². The van der Waals surface area contributed by atoms with Crippen LogP contribution >= 0.6 is 0 Å². The molecule has 0 atom stereocenters. The quantitative estimate of drug-likeness (QED) is 0.444. The number of nitrogens with one attached hydrogen (secondary N) is 2. The van der Waals surface area contributed by atoms with Gasteiger partial charge in [-0.1, -0.05) is 0 Å². The second-order valence-corrected chi connectivity index (χ2v) is 5.02. The molecule has 1 aromatic rings. The van der Waals surface area contributed by atoms with E-state index >= 15 is 0 Å². The molecule has 1 aliphatic heterocycles. The number of piperazine rings is 1. The predicted octanol–water partition coefficient (Wildman–Crippen LogP) is 0.344. The van der Waals surface area contributed by atoms with Gasteiger partial charge in [-0.15, -0.1) is 0 Å². The third-order valence-corrected chi connectivity index (χ3v) is 3.63. The van der Waals surface area contributed by atoms with E-state index in [4.69, 9.17) is 0 Å². The van der Waals surface area contributed by atoms with Crippen LogP contribution in [0.3, 0.4) is 0 Å². The van der Waals surface area contributed by atoms with Crippen LogP contribution in [0.4, 0.5) is 11.6 Å². The summed E-state index contributed by atoms with van der Waals surface area (Å²) in [4.78, 5) is 16.9. The normalized spacial score (nSPS) is 16.3. The molecule has 0 bridgehead atoms. The first-order chi connectivity index (χ1) is 9.59. The second-order valence-electron chi connectivity index (χ2n) is 5.02. The van der Waals surface area contributed by atoms with Crippen LogP contribution in [0.5, 0.6) is 0 Å². The van der Waals surface area contributed by atoms with Crippen molar-refractivity contribution in [1.82, 2.24) is 19.8 Å². The van der Waals surface area contributed by atoms with Crippen molar-refractivity contribution in [2.45, 2.75) is 13.3 Å². The van der Waals surface area contributed by atoms with Gasteiger partial charge in [0.2, 0.25) is 11.6 Å². The number of imidazole rings is 1.